The van der Waals surface area contributed by atoms with Gasteiger partial charge in [0, 0.05) is 38.7 Å². The van der Waals surface area contributed by atoms with Gasteiger partial charge in [0.25, 0.3) is 5.91 Å². The monoisotopic (exact) mass is 492 g/mol. The number of nitrogens with one attached hydrogen (secondary N) is 3. The number of anilines is 2. The minimum absolute atomic E-state index is 0.174. The molecule has 13 heteroatoms. The Kier molecular flexibility index (Phi) is 6.28. The van der Waals surface area contributed by atoms with Gasteiger partial charge in [-0.1, -0.05) is 11.3 Å². The standard InChI is InChI=1S/C21H19F3N6O3S/c1-11(31)25-7-8-26-18(32)12-3-6-16-15(9-12)27-19(30(16)2)29-20-28-14-5-4-13(10-17(14)34-20)33-21(22,23)24/h3-6,9-10H,7-8H2,1-2H3,(H,25,31)(H,26,32)(H,27,28,29). The van der Waals surface area contributed by atoms with Gasteiger partial charge in [-0.05, 0) is 30.3 Å². The largest absolute Gasteiger partial charge is 0.573 e. The third-order valence-electron chi connectivity index (χ3n) is 4.74. The van der Waals surface area contributed by atoms with E-state index in [2.05, 4.69) is 30.7 Å². The van der Waals surface area contributed by atoms with Crippen molar-refractivity contribution in [3.05, 3.63) is 42.0 Å². The molecule has 0 bridgehead atoms. The van der Waals surface area contributed by atoms with Crippen LogP contribution in [0.5, 0.6) is 5.75 Å². The summed E-state index contributed by atoms with van der Waals surface area (Å²) in [6.07, 6.45) is -4.77. The molecular formula is C21H19F3N6O3S. The number of nitrogens with zero attached hydrogens (tertiary/aromatic N) is 3. The molecule has 178 valence electrons. The van der Waals surface area contributed by atoms with E-state index < -0.39 is 6.36 Å². The number of fused-ring (bicyclic) bond motifs is 2. The molecule has 0 aliphatic heterocycles. The summed E-state index contributed by atoms with van der Waals surface area (Å²) < 4.78 is 43.7. The zero-order chi connectivity index (χ0) is 24.5. The maximum atomic E-state index is 12.5. The molecule has 4 aromatic rings. The number of rotatable bonds is 7. The lowest BCUT2D eigenvalue weighted by atomic mass is 10.2. The lowest BCUT2D eigenvalue weighted by molar-refractivity contribution is -0.274. The molecule has 9 nitrogen and oxygen atoms in total. The van der Waals surface area contributed by atoms with Crippen LogP contribution in [0, 0.1) is 0 Å². The molecule has 34 heavy (non-hydrogen) atoms. The fourth-order valence-corrected chi connectivity index (χ4v) is 4.11. The number of alkyl halides is 3. The highest BCUT2D eigenvalue weighted by Crippen LogP contribution is 2.33. The molecule has 0 saturated carbocycles. The first kappa shape index (κ1) is 23.3. The fraction of sp³-hybridized carbons (Fsp3) is 0.238. The maximum absolute atomic E-state index is 12.5. The van der Waals surface area contributed by atoms with Gasteiger partial charge in [0.2, 0.25) is 11.9 Å². The van der Waals surface area contributed by atoms with Crippen molar-refractivity contribution in [2.24, 2.45) is 7.05 Å². The number of aromatic nitrogens is 3. The molecular weight excluding hydrogens is 473 g/mol. The number of aryl methyl sites for hydroxylation is 1. The molecule has 0 atom stereocenters. The van der Waals surface area contributed by atoms with Crippen molar-refractivity contribution in [2.75, 3.05) is 18.4 Å². The van der Waals surface area contributed by atoms with E-state index in [4.69, 9.17) is 0 Å². The number of benzene rings is 2. The number of hydrogen-bond acceptors (Lipinski definition) is 7. The lowest BCUT2D eigenvalue weighted by Gasteiger charge is -2.07. The number of thiazole rings is 1. The Balaban J connectivity index is 1.51. The Bertz CT molecular complexity index is 1380. The van der Waals surface area contributed by atoms with Gasteiger partial charge < -0.3 is 25.3 Å². The molecule has 0 saturated heterocycles. The number of carbonyl (C=O) groups is 2. The second-order valence-corrected chi connectivity index (χ2v) is 8.29. The Morgan fingerprint density at radius 1 is 1.06 bits per heavy atom. The molecule has 3 N–H and O–H groups in total. The quantitative estimate of drug-likeness (QED) is 0.340. The summed E-state index contributed by atoms with van der Waals surface area (Å²) >= 11 is 1.16. The van der Waals surface area contributed by atoms with E-state index in [-0.39, 0.29) is 17.6 Å². The van der Waals surface area contributed by atoms with Gasteiger partial charge in [0.1, 0.15) is 5.75 Å². The van der Waals surface area contributed by atoms with Gasteiger partial charge in [-0.2, -0.15) is 0 Å². The van der Waals surface area contributed by atoms with Crippen LogP contribution < -0.4 is 20.7 Å². The van der Waals surface area contributed by atoms with E-state index in [0.29, 0.717) is 45.5 Å². The van der Waals surface area contributed by atoms with Crippen LogP contribution in [-0.2, 0) is 11.8 Å². The van der Waals surface area contributed by atoms with Crippen molar-refractivity contribution in [3.63, 3.8) is 0 Å². The van der Waals surface area contributed by atoms with Crippen LogP contribution in [0.2, 0.25) is 0 Å². The first-order valence-electron chi connectivity index (χ1n) is 10.0. The summed E-state index contributed by atoms with van der Waals surface area (Å²) in [5.41, 5.74) is 2.26. The predicted octanol–water partition coefficient (Wildman–Crippen LogP) is 3.69. The highest BCUT2D eigenvalue weighted by molar-refractivity contribution is 7.22. The number of imidazole rings is 1. The Labute approximate surface area is 194 Å². The number of ether oxygens (including phenoxy) is 1. The molecule has 4 rings (SSSR count). The topological polar surface area (TPSA) is 110 Å². The third kappa shape index (κ3) is 5.36. The first-order chi connectivity index (χ1) is 16.1. The SMILES string of the molecule is CC(=O)NCCNC(=O)c1ccc2c(c1)nc(Nc1nc3ccc(OC(F)(F)F)cc3s1)n2C. The van der Waals surface area contributed by atoms with Crippen LogP contribution >= 0.6 is 11.3 Å². The van der Waals surface area contributed by atoms with Crippen LogP contribution in [0.3, 0.4) is 0 Å². The van der Waals surface area contributed by atoms with Gasteiger partial charge in [0.05, 0.1) is 21.3 Å². The molecule has 0 aliphatic rings. The smallest absolute Gasteiger partial charge is 0.406 e. The number of halogens is 3. The Hall–Kier alpha value is -3.87. The second kappa shape index (κ2) is 9.17. The minimum Gasteiger partial charge on any atom is -0.406 e. The van der Waals surface area contributed by atoms with Gasteiger partial charge in [-0.3, -0.25) is 9.59 Å². The predicted molar refractivity (Wildman–Crippen MR) is 121 cm³/mol. The van der Waals surface area contributed by atoms with Gasteiger partial charge in [-0.15, -0.1) is 13.2 Å². The third-order valence-corrected chi connectivity index (χ3v) is 5.67. The Morgan fingerprint density at radius 2 is 1.82 bits per heavy atom. The molecule has 0 fully saturated rings. The van der Waals surface area contributed by atoms with E-state index in [1.165, 1.54) is 25.1 Å². The van der Waals surface area contributed by atoms with Gasteiger partial charge >= 0.3 is 6.36 Å². The van der Waals surface area contributed by atoms with E-state index in [9.17, 15) is 22.8 Å². The van der Waals surface area contributed by atoms with Crippen LogP contribution in [0.25, 0.3) is 21.3 Å². The van der Waals surface area contributed by atoms with E-state index >= 15 is 0 Å². The zero-order valence-electron chi connectivity index (χ0n) is 18.0. The van der Waals surface area contributed by atoms with Crippen molar-refractivity contribution in [1.82, 2.24) is 25.2 Å². The number of hydrogen-bond donors (Lipinski definition) is 3. The van der Waals surface area contributed by atoms with Crippen molar-refractivity contribution < 1.29 is 27.5 Å². The summed E-state index contributed by atoms with van der Waals surface area (Å²) in [7, 11) is 1.79. The summed E-state index contributed by atoms with van der Waals surface area (Å²) in [4.78, 5) is 32.2. The molecule has 0 aliphatic carbocycles. The fourth-order valence-electron chi connectivity index (χ4n) is 3.22. The second-order valence-electron chi connectivity index (χ2n) is 7.26. The summed E-state index contributed by atoms with van der Waals surface area (Å²) in [5, 5.41) is 8.83. The van der Waals surface area contributed by atoms with Crippen molar-refractivity contribution >= 4 is 55.5 Å². The average Bonchev–Trinajstić information content (AvgIpc) is 3.29. The summed E-state index contributed by atoms with van der Waals surface area (Å²) in [6.45, 7) is 2.02. The van der Waals surface area contributed by atoms with Crippen molar-refractivity contribution in [1.29, 1.82) is 0 Å². The van der Waals surface area contributed by atoms with E-state index in [1.54, 1.807) is 29.8 Å². The van der Waals surface area contributed by atoms with E-state index in [0.717, 1.165) is 16.9 Å². The van der Waals surface area contributed by atoms with Crippen LogP contribution in [-0.4, -0.2) is 45.8 Å². The normalized spacial score (nSPS) is 11.6. The first-order valence-corrected chi connectivity index (χ1v) is 10.8. The van der Waals surface area contributed by atoms with Gasteiger partial charge in [-0.25, -0.2) is 9.97 Å². The van der Waals surface area contributed by atoms with Crippen LogP contribution in [0.4, 0.5) is 24.3 Å². The molecule has 0 spiro atoms. The molecule has 0 unspecified atom stereocenters. The minimum atomic E-state index is -4.77. The zero-order valence-corrected chi connectivity index (χ0v) is 18.8. The molecule has 2 heterocycles. The van der Waals surface area contributed by atoms with Crippen LogP contribution in [0.15, 0.2) is 36.4 Å². The number of amides is 2. The summed E-state index contributed by atoms with van der Waals surface area (Å²) in [6, 6.07) is 9.00. The molecule has 2 amide bonds. The molecule has 0 radical (unpaired) electrons. The van der Waals surface area contributed by atoms with Gasteiger partial charge in [0.15, 0.2) is 5.13 Å². The summed E-state index contributed by atoms with van der Waals surface area (Å²) in [5.74, 6) is -0.340. The molecule has 2 aromatic carbocycles. The number of carbonyl (C=O) groups excluding carboxylic acids is 2. The van der Waals surface area contributed by atoms with Crippen molar-refractivity contribution in [2.45, 2.75) is 13.3 Å². The average molecular weight is 492 g/mol. The Morgan fingerprint density at radius 3 is 2.56 bits per heavy atom. The van der Waals surface area contributed by atoms with Crippen LogP contribution in [0.1, 0.15) is 17.3 Å². The van der Waals surface area contributed by atoms with E-state index in [1.807, 2.05) is 0 Å². The highest BCUT2D eigenvalue weighted by Gasteiger charge is 2.31. The lowest BCUT2D eigenvalue weighted by Crippen LogP contribution is -2.33. The van der Waals surface area contributed by atoms with Crippen molar-refractivity contribution in [3.8, 4) is 5.75 Å². The maximum Gasteiger partial charge on any atom is 0.573 e. The highest BCUT2D eigenvalue weighted by atomic mass is 32.1. The molecule has 2 aromatic heterocycles.